The summed E-state index contributed by atoms with van der Waals surface area (Å²) in [6.45, 7) is 4.82. The molecule has 0 unspecified atom stereocenters. The molecule has 2 aromatic carbocycles. The van der Waals surface area contributed by atoms with Gasteiger partial charge in [0.15, 0.2) is 0 Å². The van der Waals surface area contributed by atoms with Gasteiger partial charge < -0.3 is 9.42 Å². The molecule has 3 aromatic rings. The molecule has 1 amide bonds. The predicted octanol–water partition coefficient (Wildman–Crippen LogP) is 2.20. The van der Waals surface area contributed by atoms with Crippen LogP contribution in [0, 0.1) is 12.7 Å². The molecule has 34 heavy (non-hydrogen) atoms. The van der Waals surface area contributed by atoms with E-state index in [2.05, 4.69) is 19.8 Å². The van der Waals surface area contributed by atoms with Gasteiger partial charge in [0, 0.05) is 44.7 Å². The van der Waals surface area contributed by atoms with Crippen LogP contribution in [0.5, 0.6) is 0 Å². The number of amides is 1. The third-order valence-electron chi connectivity index (χ3n) is 5.69. The Morgan fingerprint density at radius 1 is 1.09 bits per heavy atom. The molecule has 1 fully saturated rings. The largest absolute Gasteiger partial charge is 0.340 e. The van der Waals surface area contributed by atoms with Crippen molar-refractivity contribution in [1.29, 1.82) is 0 Å². The van der Waals surface area contributed by atoms with Gasteiger partial charge in [-0.2, -0.15) is 4.98 Å². The van der Waals surface area contributed by atoms with Gasteiger partial charge in [-0.1, -0.05) is 29.4 Å². The lowest BCUT2D eigenvalue weighted by molar-refractivity contribution is -0.132. The minimum Gasteiger partial charge on any atom is -0.340 e. The zero-order chi connectivity index (χ0) is 24.1. The fraction of sp³-hybridized carbons (Fsp3) is 0.348. The summed E-state index contributed by atoms with van der Waals surface area (Å²) in [6, 6.07) is 12.4. The average Bonchev–Trinajstić information content (AvgIpc) is 3.28. The first-order chi connectivity index (χ1) is 16.3. The monoisotopic (exact) mass is 487 g/mol. The number of aromatic nitrogens is 2. The summed E-state index contributed by atoms with van der Waals surface area (Å²) in [5, 5.41) is 4.08. The van der Waals surface area contributed by atoms with E-state index < -0.39 is 15.8 Å². The maximum atomic E-state index is 13.0. The topological polar surface area (TPSA) is 109 Å². The number of rotatable bonds is 8. The summed E-state index contributed by atoms with van der Waals surface area (Å²) in [5.41, 5.74) is 2.00. The number of nitrogens with zero attached hydrogens (tertiary/aromatic N) is 4. The molecule has 9 nitrogen and oxygen atoms in total. The molecule has 0 saturated carbocycles. The first-order valence-electron chi connectivity index (χ1n) is 11.0. The fourth-order valence-electron chi connectivity index (χ4n) is 3.75. The molecule has 1 saturated heterocycles. The smallest absolute Gasteiger partial charge is 0.241 e. The average molecular weight is 488 g/mol. The summed E-state index contributed by atoms with van der Waals surface area (Å²) in [5.74, 6) is 0.443. The lowest BCUT2D eigenvalue weighted by Gasteiger charge is -2.34. The number of carbonyl (C=O) groups is 1. The number of hydrogen-bond acceptors (Lipinski definition) is 7. The number of halogens is 1. The van der Waals surface area contributed by atoms with Gasteiger partial charge >= 0.3 is 0 Å². The summed E-state index contributed by atoms with van der Waals surface area (Å²) >= 11 is 0. The highest BCUT2D eigenvalue weighted by atomic mass is 32.2. The molecular formula is C23H26FN5O4S. The van der Waals surface area contributed by atoms with Crippen molar-refractivity contribution in [3.8, 4) is 11.4 Å². The van der Waals surface area contributed by atoms with Crippen LogP contribution in [-0.2, 0) is 21.4 Å². The second kappa shape index (κ2) is 10.4. The molecule has 4 rings (SSSR count). The van der Waals surface area contributed by atoms with E-state index in [4.69, 9.17) is 4.52 Å². The van der Waals surface area contributed by atoms with Crippen LogP contribution in [0.1, 0.15) is 17.9 Å². The van der Waals surface area contributed by atoms with E-state index in [0.717, 1.165) is 23.3 Å². The van der Waals surface area contributed by atoms with Crippen molar-refractivity contribution in [2.45, 2.75) is 24.8 Å². The van der Waals surface area contributed by atoms with Gasteiger partial charge in [-0.05, 0) is 36.8 Å². The van der Waals surface area contributed by atoms with Crippen molar-refractivity contribution in [1.82, 2.24) is 24.7 Å². The highest BCUT2D eigenvalue weighted by Crippen LogP contribution is 2.20. The first kappa shape index (κ1) is 24.0. The Hall–Kier alpha value is -3.15. The lowest BCUT2D eigenvalue weighted by atomic mass is 10.1. The van der Waals surface area contributed by atoms with Gasteiger partial charge in [-0.3, -0.25) is 9.69 Å². The first-order valence-corrected chi connectivity index (χ1v) is 12.4. The molecule has 0 spiro atoms. The van der Waals surface area contributed by atoms with Crippen molar-refractivity contribution in [2.24, 2.45) is 0 Å². The van der Waals surface area contributed by atoms with Crippen LogP contribution < -0.4 is 4.72 Å². The lowest BCUT2D eigenvalue weighted by Crippen LogP contribution is -2.48. The van der Waals surface area contributed by atoms with Crippen LogP contribution in [0.3, 0.4) is 0 Å². The fourth-order valence-corrected chi connectivity index (χ4v) is 4.78. The second-order valence-electron chi connectivity index (χ2n) is 8.09. The molecular weight excluding hydrogens is 461 g/mol. The molecule has 1 aromatic heterocycles. The van der Waals surface area contributed by atoms with E-state index in [0.29, 0.717) is 44.4 Å². The van der Waals surface area contributed by atoms with Gasteiger partial charge in [-0.25, -0.2) is 17.5 Å². The van der Waals surface area contributed by atoms with Gasteiger partial charge in [-0.15, -0.1) is 0 Å². The Balaban J connectivity index is 1.22. The van der Waals surface area contributed by atoms with E-state index in [1.54, 1.807) is 4.90 Å². The van der Waals surface area contributed by atoms with Crippen molar-refractivity contribution < 1.29 is 22.1 Å². The van der Waals surface area contributed by atoms with Gasteiger partial charge in [0.05, 0.1) is 11.4 Å². The third kappa shape index (κ3) is 5.85. The Bertz CT molecular complexity index is 1240. The van der Waals surface area contributed by atoms with Crippen molar-refractivity contribution in [3.63, 3.8) is 0 Å². The zero-order valence-corrected chi connectivity index (χ0v) is 19.6. The van der Waals surface area contributed by atoms with Gasteiger partial charge in [0.2, 0.25) is 27.6 Å². The maximum Gasteiger partial charge on any atom is 0.241 e. The summed E-state index contributed by atoms with van der Waals surface area (Å²) in [4.78, 5) is 20.8. The quantitative estimate of drug-likeness (QED) is 0.519. The number of sulfonamides is 1. The Labute approximate surface area is 197 Å². The molecule has 1 aliphatic heterocycles. The predicted molar refractivity (Wildman–Crippen MR) is 123 cm³/mol. The molecule has 0 bridgehead atoms. The van der Waals surface area contributed by atoms with E-state index in [1.807, 2.05) is 31.2 Å². The summed E-state index contributed by atoms with van der Waals surface area (Å²) in [6.07, 6.45) is 0.0455. The van der Waals surface area contributed by atoms with Crippen LogP contribution in [0.2, 0.25) is 0 Å². The SMILES string of the molecule is Cc1ccccc1-c1noc(CN2CCN(C(=O)CCNS(=O)(=O)c3ccc(F)cc3)CC2)n1. The van der Waals surface area contributed by atoms with Crippen LogP contribution in [0.15, 0.2) is 57.9 Å². The highest BCUT2D eigenvalue weighted by molar-refractivity contribution is 7.89. The number of hydrogen-bond donors (Lipinski definition) is 1. The van der Waals surface area contributed by atoms with Crippen molar-refractivity contribution in [3.05, 3.63) is 65.8 Å². The minimum atomic E-state index is -3.79. The van der Waals surface area contributed by atoms with Crippen LogP contribution in [0.25, 0.3) is 11.4 Å². The summed E-state index contributed by atoms with van der Waals surface area (Å²) in [7, 11) is -3.79. The molecule has 1 N–H and O–H groups in total. The number of piperazine rings is 1. The zero-order valence-electron chi connectivity index (χ0n) is 18.8. The van der Waals surface area contributed by atoms with E-state index in [9.17, 15) is 17.6 Å². The van der Waals surface area contributed by atoms with Crippen molar-refractivity contribution in [2.75, 3.05) is 32.7 Å². The Kier molecular flexibility index (Phi) is 7.35. The van der Waals surface area contributed by atoms with Crippen LogP contribution >= 0.6 is 0 Å². The number of benzene rings is 2. The molecule has 11 heteroatoms. The highest BCUT2D eigenvalue weighted by Gasteiger charge is 2.23. The minimum absolute atomic E-state index is 0.0254. The van der Waals surface area contributed by atoms with E-state index in [-0.39, 0.29) is 23.8 Å². The maximum absolute atomic E-state index is 13.0. The Morgan fingerprint density at radius 3 is 2.50 bits per heavy atom. The van der Waals surface area contributed by atoms with Gasteiger partial charge in [0.25, 0.3) is 0 Å². The Morgan fingerprint density at radius 2 is 1.79 bits per heavy atom. The van der Waals surface area contributed by atoms with Crippen molar-refractivity contribution >= 4 is 15.9 Å². The third-order valence-corrected chi connectivity index (χ3v) is 7.17. The standard InChI is InChI=1S/C23H26FN5O4S/c1-17-4-2-3-5-20(17)23-26-21(33-27-23)16-28-12-14-29(15-13-28)22(30)10-11-25-34(31,32)19-8-6-18(24)7-9-19/h2-9,25H,10-16H2,1H3. The molecule has 1 aliphatic rings. The van der Waals surface area contributed by atoms with Gasteiger partial charge in [0.1, 0.15) is 5.82 Å². The second-order valence-corrected chi connectivity index (χ2v) is 9.85. The van der Waals surface area contributed by atoms with Crippen LogP contribution in [0.4, 0.5) is 4.39 Å². The molecule has 0 aliphatic carbocycles. The van der Waals surface area contributed by atoms with Crippen LogP contribution in [-0.4, -0.2) is 67.0 Å². The van der Waals surface area contributed by atoms with E-state index >= 15 is 0 Å². The number of nitrogens with one attached hydrogen (secondary N) is 1. The molecule has 2 heterocycles. The number of carbonyl (C=O) groups excluding carboxylic acids is 1. The molecule has 0 radical (unpaired) electrons. The molecule has 0 atom stereocenters. The normalized spacial score (nSPS) is 14.9. The molecule has 180 valence electrons. The summed E-state index contributed by atoms with van der Waals surface area (Å²) < 4.78 is 45.3. The number of aryl methyl sites for hydroxylation is 1. The van der Waals surface area contributed by atoms with E-state index in [1.165, 1.54) is 12.1 Å².